The van der Waals surface area contributed by atoms with Gasteiger partial charge in [-0.1, -0.05) is 11.2 Å². The Kier molecular flexibility index (Phi) is 3.92. The molecule has 0 amide bonds. The van der Waals surface area contributed by atoms with Crippen molar-refractivity contribution in [1.82, 2.24) is 10.2 Å². The topological polar surface area (TPSA) is 93.6 Å². The van der Waals surface area contributed by atoms with Gasteiger partial charge in [-0.2, -0.15) is 18.3 Å². The molecule has 0 unspecified atom stereocenters. The van der Waals surface area contributed by atoms with Crippen molar-refractivity contribution in [3.63, 3.8) is 0 Å². The van der Waals surface area contributed by atoms with Crippen LogP contribution in [0.5, 0.6) is 11.6 Å². The maximum atomic E-state index is 12.6. The van der Waals surface area contributed by atoms with Crippen LogP contribution in [0.3, 0.4) is 0 Å². The molecule has 1 heterocycles. The summed E-state index contributed by atoms with van der Waals surface area (Å²) >= 11 is 0. The summed E-state index contributed by atoms with van der Waals surface area (Å²) in [7, 11) is 0. The van der Waals surface area contributed by atoms with Crippen molar-refractivity contribution in [3.8, 4) is 11.6 Å². The first-order valence-corrected chi connectivity index (χ1v) is 5.56. The standard InChI is InChI=1S/C12H9F3N4O2/c13-12(14,15)7-2-1-3-8(6-7)21-11-9(10(16)19-20)4-5-17-18-11/h1-6,20H,(H2,16,19). The van der Waals surface area contributed by atoms with Crippen LogP contribution in [0.4, 0.5) is 13.2 Å². The lowest BCUT2D eigenvalue weighted by Gasteiger charge is -2.10. The minimum atomic E-state index is -4.49. The van der Waals surface area contributed by atoms with Crippen molar-refractivity contribution in [2.24, 2.45) is 10.9 Å². The van der Waals surface area contributed by atoms with Gasteiger partial charge in [0.2, 0.25) is 5.88 Å². The number of oxime groups is 1. The number of ether oxygens (including phenoxy) is 1. The largest absolute Gasteiger partial charge is 0.437 e. The minimum absolute atomic E-state index is 0.0997. The summed E-state index contributed by atoms with van der Waals surface area (Å²) in [5.74, 6) is -0.573. The lowest BCUT2D eigenvalue weighted by molar-refractivity contribution is -0.137. The maximum absolute atomic E-state index is 12.6. The van der Waals surface area contributed by atoms with Crippen LogP contribution < -0.4 is 10.5 Å². The number of nitrogens with two attached hydrogens (primary N) is 1. The van der Waals surface area contributed by atoms with Crippen molar-refractivity contribution in [2.45, 2.75) is 6.18 Å². The highest BCUT2D eigenvalue weighted by molar-refractivity contribution is 5.98. The van der Waals surface area contributed by atoms with Crippen molar-refractivity contribution >= 4 is 5.84 Å². The van der Waals surface area contributed by atoms with Crippen LogP contribution in [0, 0.1) is 0 Å². The highest BCUT2D eigenvalue weighted by atomic mass is 19.4. The molecule has 110 valence electrons. The Morgan fingerprint density at radius 2 is 2.05 bits per heavy atom. The van der Waals surface area contributed by atoms with Crippen molar-refractivity contribution < 1.29 is 23.1 Å². The molecule has 0 saturated heterocycles. The fourth-order valence-electron chi connectivity index (χ4n) is 1.49. The van der Waals surface area contributed by atoms with E-state index in [0.29, 0.717) is 0 Å². The SMILES string of the molecule is N/C(=N/O)c1ccnnc1Oc1cccc(C(F)(F)F)c1. The van der Waals surface area contributed by atoms with Crippen LogP contribution in [0.15, 0.2) is 41.7 Å². The zero-order valence-corrected chi connectivity index (χ0v) is 10.4. The van der Waals surface area contributed by atoms with Gasteiger partial charge in [0.05, 0.1) is 17.3 Å². The molecular weight excluding hydrogens is 289 g/mol. The summed E-state index contributed by atoms with van der Waals surface area (Å²) in [6, 6.07) is 5.58. The lowest BCUT2D eigenvalue weighted by atomic mass is 10.2. The molecule has 1 aromatic heterocycles. The highest BCUT2D eigenvalue weighted by Gasteiger charge is 2.30. The zero-order chi connectivity index (χ0) is 15.5. The van der Waals surface area contributed by atoms with Gasteiger partial charge in [0.25, 0.3) is 0 Å². The van der Waals surface area contributed by atoms with E-state index in [1.807, 2.05) is 0 Å². The molecule has 2 rings (SSSR count). The van der Waals surface area contributed by atoms with E-state index in [0.717, 1.165) is 12.1 Å². The van der Waals surface area contributed by atoms with Gasteiger partial charge in [-0.25, -0.2) is 0 Å². The monoisotopic (exact) mass is 298 g/mol. The quantitative estimate of drug-likeness (QED) is 0.393. The summed E-state index contributed by atoms with van der Waals surface area (Å²) in [5, 5.41) is 18.6. The molecule has 2 aromatic rings. The third kappa shape index (κ3) is 3.38. The summed E-state index contributed by atoms with van der Waals surface area (Å²) in [4.78, 5) is 0. The number of benzene rings is 1. The van der Waals surface area contributed by atoms with Crippen LogP contribution >= 0.6 is 0 Å². The Labute approximate surface area is 116 Å². The second kappa shape index (κ2) is 5.65. The molecule has 9 heteroatoms. The second-order valence-corrected chi connectivity index (χ2v) is 3.86. The number of halogens is 3. The summed E-state index contributed by atoms with van der Waals surface area (Å²) in [6.45, 7) is 0. The summed E-state index contributed by atoms with van der Waals surface area (Å²) < 4.78 is 43.1. The number of hydrogen-bond donors (Lipinski definition) is 2. The van der Waals surface area contributed by atoms with Gasteiger partial charge < -0.3 is 15.7 Å². The molecule has 0 saturated carbocycles. The Bertz CT molecular complexity index is 674. The van der Waals surface area contributed by atoms with Gasteiger partial charge in [-0.15, -0.1) is 5.10 Å². The van der Waals surface area contributed by atoms with Gasteiger partial charge >= 0.3 is 6.18 Å². The van der Waals surface area contributed by atoms with Crippen LogP contribution in [-0.4, -0.2) is 21.2 Å². The molecule has 3 N–H and O–H groups in total. The molecule has 0 aliphatic rings. The van der Waals surface area contributed by atoms with Gasteiger partial charge in [-0.05, 0) is 24.3 Å². The Balaban J connectivity index is 2.35. The number of rotatable bonds is 3. The first-order chi connectivity index (χ1) is 9.91. The second-order valence-electron chi connectivity index (χ2n) is 3.86. The molecule has 0 aliphatic carbocycles. The molecule has 0 spiro atoms. The van der Waals surface area contributed by atoms with E-state index in [1.165, 1.54) is 24.4 Å². The van der Waals surface area contributed by atoms with Gasteiger partial charge in [0, 0.05) is 0 Å². The van der Waals surface area contributed by atoms with Crippen LogP contribution in [0.1, 0.15) is 11.1 Å². The predicted molar refractivity (Wildman–Crippen MR) is 66.1 cm³/mol. The van der Waals surface area contributed by atoms with E-state index < -0.39 is 11.7 Å². The lowest BCUT2D eigenvalue weighted by Crippen LogP contribution is -2.15. The normalized spacial score (nSPS) is 12.2. The van der Waals surface area contributed by atoms with E-state index in [4.69, 9.17) is 15.7 Å². The number of amidine groups is 1. The average molecular weight is 298 g/mol. The van der Waals surface area contributed by atoms with Crippen LogP contribution in [0.25, 0.3) is 0 Å². The maximum Gasteiger partial charge on any atom is 0.416 e. The van der Waals surface area contributed by atoms with Crippen molar-refractivity contribution in [2.75, 3.05) is 0 Å². The van der Waals surface area contributed by atoms with E-state index in [9.17, 15) is 13.2 Å². The molecule has 0 atom stereocenters. The summed E-state index contributed by atoms with van der Waals surface area (Å²) in [6.07, 6.45) is -3.22. The van der Waals surface area contributed by atoms with Gasteiger partial charge in [0.1, 0.15) is 5.75 Å². The summed E-state index contributed by atoms with van der Waals surface area (Å²) in [5.41, 5.74) is 4.66. The van der Waals surface area contributed by atoms with Crippen LogP contribution in [-0.2, 0) is 6.18 Å². The molecule has 0 bridgehead atoms. The van der Waals surface area contributed by atoms with E-state index >= 15 is 0 Å². The molecule has 21 heavy (non-hydrogen) atoms. The number of alkyl halides is 3. The molecule has 0 radical (unpaired) electrons. The highest BCUT2D eigenvalue weighted by Crippen LogP contribution is 2.32. The Hall–Kier alpha value is -2.84. The third-order valence-corrected chi connectivity index (χ3v) is 2.45. The molecule has 6 nitrogen and oxygen atoms in total. The number of nitrogens with zero attached hydrogens (tertiary/aromatic N) is 3. The minimum Gasteiger partial charge on any atom is -0.437 e. The molecular formula is C12H9F3N4O2. The van der Waals surface area contributed by atoms with Crippen molar-refractivity contribution in [1.29, 1.82) is 0 Å². The molecule has 0 fully saturated rings. The first kappa shape index (κ1) is 14.6. The van der Waals surface area contributed by atoms with E-state index in [-0.39, 0.29) is 23.0 Å². The van der Waals surface area contributed by atoms with Gasteiger partial charge in [0.15, 0.2) is 5.84 Å². The Morgan fingerprint density at radius 3 is 2.71 bits per heavy atom. The predicted octanol–water partition coefficient (Wildman–Crippen LogP) is 2.38. The Morgan fingerprint density at radius 1 is 1.29 bits per heavy atom. The fraction of sp³-hybridized carbons (Fsp3) is 0.0833. The molecule has 1 aromatic carbocycles. The zero-order valence-electron chi connectivity index (χ0n) is 10.4. The van der Waals surface area contributed by atoms with Crippen LogP contribution in [0.2, 0.25) is 0 Å². The van der Waals surface area contributed by atoms with Gasteiger partial charge in [-0.3, -0.25) is 0 Å². The third-order valence-electron chi connectivity index (χ3n) is 2.45. The number of aromatic nitrogens is 2. The number of hydrogen-bond acceptors (Lipinski definition) is 5. The fourth-order valence-corrected chi connectivity index (χ4v) is 1.49. The van der Waals surface area contributed by atoms with E-state index in [2.05, 4.69) is 15.4 Å². The average Bonchev–Trinajstić information content (AvgIpc) is 2.46. The van der Waals surface area contributed by atoms with Crippen molar-refractivity contribution in [3.05, 3.63) is 47.7 Å². The molecule has 0 aliphatic heterocycles. The smallest absolute Gasteiger partial charge is 0.416 e. The first-order valence-electron chi connectivity index (χ1n) is 5.56. The van der Waals surface area contributed by atoms with E-state index in [1.54, 1.807) is 0 Å².